The summed E-state index contributed by atoms with van der Waals surface area (Å²) in [6.45, 7) is 0. The van der Waals surface area contributed by atoms with Gasteiger partial charge >= 0.3 is 6.18 Å². The predicted octanol–water partition coefficient (Wildman–Crippen LogP) is 4.41. The molecule has 0 saturated carbocycles. The molecule has 3 rings (SSSR count). The first-order valence-electron chi connectivity index (χ1n) is 7.13. The molecule has 3 aromatic rings. The van der Waals surface area contributed by atoms with E-state index in [2.05, 4.69) is 0 Å². The van der Waals surface area contributed by atoms with Crippen LogP contribution < -0.4 is 5.43 Å². The first-order chi connectivity index (χ1) is 12.3. The molecule has 0 aliphatic carbocycles. The van der Waals surface area contributed by atoms with Crippen LogP contribution in [0.1, 0.15) is 16.7 Å². The van der Waals surface area contributed by atoms with Crippen molar-refractivity contribution in [3.63, 3.8) is 0 Å². The summed E-state index contributed by atoms with van der Waals surface area (Å²) >= 11 is 6.13. The molecule has 0 aliphatic rings. The smallest absolute Gasteiger partial charge is 0.315 e. The van der Waals surface area contributed by atoms with Crippen molar-refractivity contribution in [1.82, 2.24) is 4.57 Å². The average Bonchev–Trinajstić information content (AvgIpc) is 2.61. The van der Waals surface area contributed by atoms with Crippen LogP contribution in [0, 0.1) is 22.7 Å². The van der Waals surface area contributed by atoms with Crippen LogP contribution in [-0.4, -0.2) is 4.57 Å². The number of aromatic nitrogens is 1. The lowest BCUT2D eigenvalue weighted by Crippen LogP contribution is -2.13. The molecule has 0 amide bonds. The molecule has 0 N–H and O–H groups in total. The molecule has 0 fully saturated rings. The minimum Gasteiger partial charge on any atom is -0.315 e. The van der Waals surface area contributed by atoms with Crippen molar-refractivity contribution in [3.8, 4) is 17.8 Å². The van der Waals surface area contributed by atoms with Crippen LogP contribution in [0.5, 0.6) is 0 Å². The highest BCUT2D eigenvalue weighted by atomic mass is 35.5. The van der Waals surface area contributed by atoms with Crippen molar-refractivity contribution in [2.75, 3.05) is 0 Å². The molecule has 0 radical (unpaired) electrons. The van der Waals surface area contributed by atoms with E-state index >= 15 is 0 Å². The molecule has 0 saturated heterocycles. The van der Waals surface area contributed by atoms with Crippen LogP contribution >= 0.6 is 11.6 Å². The van der Waals surface area contributed by atoms with Crippen LogP contribution in [-0.2, 0) is 6.18 Å². The zero-order valence-corrected chi connectivity index (χ0v) is 13.6. The average molecular weight is 374 g/mol. The number of benzene rings is 2. The maximum atomic E-state index is 13.3. The van der Waals surface area contributed by atoms with Gasteiger partial charge in [0.15, 0.2) is 5.43 Å². The molecule has 4 nitrogen and oxygen atoms in total. The fourth-order valence-electron chi connectivity index (χ4n) is 2.60. The van der Waals surface area contributed by atoms with Gasteiger partial charge < -0.3 is 4.57 Å². The van der Waals surface area contributed by atoms with E-state index < -0.39 is 22.7 Å². The van der Waals surface area contributed by atoms with Gasteiger partial charge in [-0.25, -0.2) is 0 Å². The third kappa shape index (κ3) is 2.90. The topological polar surface area (TPSA) is 69.6 Å². The van der Waals surface area contributed by atoms with Crippen molar-refractivity contribution >= 4 is 22.5 Å². The zero-order chi connectivity index (χ0) is 19.1. The number of nitriles is 2. The standard InChI is InChI=1S/C18H7ClF3N3O/c19-14-2-1-10(8-23)5-16(14)25-4-3-17(26)12-6-11(9-24)13(7-15(12)25)18(20,21)22/h1-7H. The van der Waals surface area contributed by atoms with E-state index in [0.29, 0.717) is 0 Å². The van der Waals surface area contributed by atoms with Crippen LogP contribution in [0.4, 0.5) is 13.2 Å². The zero-order valence-electron chi connectivity index (χ0n) is 12.8. The predicted molar refractivity (Wildman–Crippen MR) is 89.0 cm³/mol. The first-order valence-corrected chi connectivity index (χ1v) is 7.51. The van der Waals surface area contributed by atoms with Gasteiger partial charge in [0.05, 0.1) is 45.1 Å². The summed E-state index contributed by atoms with van der Waals surface area (Å²) in [6.07, 6.45) is -3.49. The SMILES string of the molecule is N#Cc1ccc(Cl)c(-n2ccc(=O)c3cc(C#N)c(C(F)(F)F)cc32)c1. The lowest BCUT2D eigenvalue weighted by atomic mass is 10.0. The lowest BCUT2D eigenvalue weighted by Gasteiger charge is -2.15. The molecular formula is C18H7ClF3N3O. The van der Waals surface area contributed by atoms with Gasteiger partial charge in [-0.2, -0.15) is 23.7 Å². The minimum absolute atomic E-state index is 0.0597. The van der Waals surface area contributed by atoms with Crippen LogP contribution in [0.25, 0.3) is 16.6 Å². The van der Waals surface area contributed by atoms with Gasteiger partial charge in [0, 0.05) is 17.6 Å². The molecule has 0 aliphatic heterocycles. The molecule has 0 atom stereocenters. The summed E-state index contributed by atoms with van der Waals surface area (Å²) in [7, 11) is 0. The van der Waals surface area contributed by atoms with Gasteiger partial charge in [0.2, 0.25) is 0 Å². The fourth-order valence-corrected chi connectivity index (χ4v) is 2.81. The summed E-state index contributed by atoms with van der Waals surface area (Å²) in [4.78, 5) is 12.1. The van der Waals surface area contributed by atoms with Gasteiger partial charge in [0.1, 0.15) is 0 Å². The van der Waals surface area contributed by atoms with Gasteiger partial charge in [0.25, 0.3) is 0 Å². The van der Waals surface area contributed by atoms with E-state index in [0.717, 1.165) is 18.2 Å². The van der Waals surface area contributed by atoms with Crippen molar-refractivity contribution in [1.29, 1.82) is 10.5 Å². The number of nitrogens with zero attached hydrogens (tertiary/aromatic N) is 3. The van der Waals surface area contributed by atoms with Crippen molar-refractivity contribution in [2.45, 2.75) is 6.18 Å². The quantitative estimate of drug-likeness (QED) is 0.634. The highest BCUT2D eigenvalue weighted by Gasteiger charge is 2.34. The number of hydrogen-bond acceptors (Lipinski definition) is 3. The van der Waals surface area contributed by atoms with Crippen molar-refractivity contribution < 1.29 is 13.2 Å². The van der Waals surface area contributed by atoms with E-state index in [1.165, 1.54) is 35.0 Å². The van der Waals surface area contributed by atoms with E-state index in [-0.39, 0.29) is 27.2 Å². The highest BCUT2D eigenvalue weighted by molar-refractivity contribution is 6.32. The monoisotopic (exact) mass is 373 g/mol. The maximum absolute atomic E-state index is 13.3. The van der Waals surface area contributed by atoms with Gasteiger partial charge in [-0.15, -0.1) is 0 Å². The van der Waals surface area contributed by atoms with Gasteiger partial charge in [-0.1, -0.05) is 11.6 Å². The van der Waals surface area contributed by atoms with Gasteiger partial charge in [-0.05, 0) is 30.3 Å². The summed E-state index contributed by atoms with van der Waals surface area (Å²) in [5.74, 6) is 0. The third-order valence-corrected chi connectivity index (χ3v) is 4.12. The second-order valence-electron chi connectivity index (χ2n) is 5.35. The van der Waals surface area contributed by atoms with Crippen LogP contribution in [0.3, 0.4) is 0 Å². The minimum atomic E-state index is -4.77. The second-order valence-corrected chi connectivity index (χ2v) is 5.76. The Hall–Kier alpha value is -3.29. The number of pyridine rings is 1. The molecule has 1 aromatic heterocycles. The van der Waals surface area contributed by atoms with E-state index in [1.807, 2.05) is 6.07 Å². The number of alkyl halides is 3. The Morgan fingerprint density at radius 1 is 1.04 bits per heavy atom. The molecule has 0 spiro atoms. The summed E-state index contributed by atoms with van der Waals surface area (Å²) in [6, 6.07) is 10.5. The molecular weight excluding hydrogens is 367 g/mol. The molecule has 8 heteroatoms. The second kappa shape index (κ2) is 6.21. The Morgan fingerprint density at radius 2 is 1.77 bits per heavy atom. The Balaban J connectivity index is 2.46. The molecule has 2 aromatic carbocycles. The van der Waals surface area contributed by atoms with E-state index in [1.54, 1.807) is 0 Å². The molecule has 128 valence electrons. The molecule has 0 unspecified atom stereocenters. The van der Waals surface area contributed by atoms with E-state index in [4.69, 9.17) is 22.1 Å². The van der Waals surface area contributed by atoms with Crippen LogP contribution in [0.15, 0.2) is 47.4 Å². The summed E-state index contributed by atoms with van der Waals surface area (Å²) in [5.41, 5.74) is -1.90. The largest absolute Gasteiger partial charge is 0.417 e. The summed E-state index contributed by atoms with van der Waals surface area (Å²) < 4.78 is 41.2. The molecule has 26 heavy (non-hydrogen) atoms. The number of halogens is 4. The Kier molecular flexibility index (Phi) is 4.19. The first kappa shape index (κ1) is 17.5. The third-order valence-electron chi connectivity index (χ3n) is 3.80. The van der Waals surface area contributed by atoms with E-state index in [9.17, 15) is 18.0 Å². The summed E-state index contributed by atoms with van der Waals surface area (Å²) in [5, 5.41) is 18.2. The Bertz CT molecular complexity index is 1180. The Labute approximate surface area is 149 Å². The normalized spacial score (nSPS) is 11.2. The van der Waals surface area contributed by atoms with Gasteiger partial charge in [-0.3, -0.25) is 4.79 Å². The maximum Gasteiger partial charge on any atom is 0.417 e. The number of hydrogen-bond donors (Lipinski definition) is 0. The lowest BCUT2D eigenvalue weighted by molar-refractivity contribution is -0.137. The highest BCUT2D eigenvalue weighted by Crippen LogP contribution is 2.35. The van der Waals surface area contributed by atoms with Crippen molar-refractivity contribution in [3.05, 3.63) is 74.5 Å². The molecule has 0 bridgehead atoms. The van der Waals surface area contributed by atoms with Crippen LogP contribution in [0.2, 0.25) is 5.02 Å². The Morgan fingerprint density at radius 3 is 2.38 bits per heavy atom. The molecule has 1 heterocycles. The fraction of sp³-hybridized carbons (Fsp3) is 0.0556. The number of fused-ring (bicyclic) bond motifs is 1. The van der Waals surface area contributed by atoms with Crippen molar-refractivity contribution in [2.24, 2.45) is 0 Å². The number of rotatable bonds is 1.